The number of anilines is 3. The molecule has 0 atom stereocenters. The molecule has 2 fully saturated rings. The van der Waals surface area contributed by atoms with Crippen molar-refractivity contribution < 1.29 is 26.1 Å². The lowest BCUT2D eigenvalue weighted by Crippen LogP contribution is -2.58. The van der Waals surface area contributed by atoms with Crippen molar-refractivity contribution in [1.82, 2.24) is 15.9 Å². The first-order valence-corrected chi connectivity index (χ1v) is 13.8. The van der Waals surface area contributed by atoms with Gasteiger partial charge in [0.05, 0.1) is 68.8 Å². The molecular formula is C25H28F2N7O3S+. The number of nitrogens with zero attached hydrogens (tertiary/aromatic N) is 4. The Morgan fingerprint density at radius 2 is 1.95 bits per heavy atom. The van der Waals surface area contributed by atoms with Gasteiger partial charge in [-0.1, -0.05) is 0 Å². The van der Waals surface area contributed by atoms with Gasteiger partial charge in [-0.2, -0.15) is 0 Å². The van der Waals surface area contributed by atoms with E-state index in [1.54, 1.807) is 6.20 Å². The van der Waals surface area contributed by atoms with Crippen molar-refractivity contribution in [2.75, 3.05) is 47.9 Å². The number of aromatic nitrogens is 1. The molecule has 1 saturated heterocycles. The normalized spacial score (nSPS) is 19.3. The predicted molar refractivity (Wildman–Crippen MR) is 138 cm³/mol. The van der Waals surface area contributed by atoms with E-state index in [-0.39, 0.29) is 4.90 Å². The molecule has 6 rings (SSSR count). The van der Waals surface area contributed by atoms with Gasteiger partial charge >= 0.3 is 0 Å². The summed E-state index contributed by atoms with van der Waals surface area (Å²) < 4.78 is 63.2. The Labute approximate surface area is 219 Å². The summed E-state index contributed by atoms with van der Waals surface area (Å²) in [6, 6.07) is 6.03. The first kappa shape index (κ1) is 24.6. The molecule has 3 aliphatic rings. The molecule has 1 saturated carbocycles. The number of likely N-dealkylation sites (N-methyl/N-ethyl adjacent to an activating group) is 1. The van der Waals surface area contributed by atoms with Gasteiger partial charge in [-0.15, -0.1) is 5.53 Å². The Balaban J connectivity index is 1.22. The molecule has 0 radical (unpaired) electrons. The Kier molecular flexibility index (Phi) is 6.00. The molecule has 200 valence electrons. The second-order valence-corrected chi connectivity index (χ2v) is 11.7. The fourth-order valence-corrected chi connectivity index (χ4v) is 6.00. The molecule has 2 aromatic heterocycles. The maximum atomic E-state index is 15.4. The Morgan fingerprint density at radius 3 is 2.66 bits per heavy atom. The smallest absolute Gasteiger partial charge is 0.265 e. The first-order chi connectivity index (χ1) is 18.2. The maximum absolute atomic E-state index is 15.4. The third kappa shape index (κ3) is 4.57. The highest BCUT2D eigenvalue weighted by molar-refractivity contribution is 7.92. The summed E-state index contributed by atoms with van der Waals surface area (Å²) in [5.41, 5.74) is 7.04. The van der Waals surface area contributed by atoms with Crippen molar-refractivity contribution in [3.05, 3.63) is 72.6 Å². The molecule has 38 heavy (non-hydrogen) atoms. The first-order valence-electron chi connectivity index (χ1n) is 12.3. The number of pyridine rings is 1. The third-order valence-corrected chi connectivity index (χ3v) is 8.86. The fraction of sp³-hybridized carbons (Fsp3) is 0.320. The van der Waals surface area contributed by atoms with E-state index in [0.717, 1.165) is 71.4 Å². The number of quaternary nitrogens is 1. The zero-order valence-electron chi connectivity index (χ0n) is 20.7. The standard InChI is InChI=1S/C25H28F2N7O3S/c1-34(19-2-3-19)9-7-32(8-10-34)18-12-17(13-28-14-18)23-15-33(31-29-23)25-21(26)4-5-22(24(25)27)30-38(35,36)20-6-11-37-16-20/h4-6,11-16,19,29-31H,2-3,7-10H2,1H3/q+1. The minimum Gasteiger partial charge on any atom is -0.471 e. The van der Waals surface area contributed by atoms with Crippen LogP contribution in [0.15, 0.2) is 64.7 Å². The van der Waals surface area contributed by atoms with Crippen LogP contribution in [0.4, 0.5) is 25.8 Å². The van der Waals surface area contributed by atoms with E-state index in [4.69, 9.17) is 4.42 Å². The summed E-state index contributed by atoms with van der Waals surface area (Å²) in [6.07, 6.45) is 9.83. The topological polar surface area (TPSA) is 103 Å². The molecule has 10 nitrogen and oxygen atoms in total. The zero-order chi connectivity index (χ0) is 26.5. The van der Waals surface area contributed by atoms with Crippen LogP contribution >= 0.6 is 0 Å². The van der Waals surface area contributed by atoms with E-state index in [1.807, 2.05) is 12.3 Å². The van der Waals surface area contributed by atoms with E-state index in [0.29, 0.717) is 5.70 Å². The van der Waals surface area contributed by atoms with Crippen LogP contribution in [0.3, 0.4) is 0 Å². The van der Waals surface area contributed by atoms with Crippen LogP contribution < -0.4 is 25.6 Å². The van der Waals surface area contributed by atoms with Crippen molar-refractivity contribution >= 4 is 32.8 Å². The van der Waals surface area contributed by atoms with Crippen molar-refractivity contribution in [2.45, 2.75) is 23.8 Å². The van der Waals surface area contributed by atoms with Gasteiger partial charge in [-0.05, 0) is 24.3 Å². The number of hydrogen-bond acceptors (Lipinski definition) is 8. The summed E-state index contributed by atoms with van der Waals surface area (Å²) >= 11 is 0. The van der Waals surface area contributed by atoms with E-state index in [9.17, 15) is 12.8 Å². The maximum Gasteiger partial charge on any atom is 0.265 e. The predicted octanol–water partition coefficient (Wildman–Crippen LogP) is 3.01. The molecule has 0 unspecified atom stereocenters. The van der Waals surface area contributed by atoms with Crippen LogP contribution in [0.5, 0.6) is 0 Å². The highest BCUT2D eigenvalue weighted by atomic mass is 32.2. The molecule has 0 amide bonds. The summed E-state index contributed by atoms with van der Waals surface area (Å²) in [4.78, 5) is 6.53. The molecule has 0 bridgehead atoms. The second kappa shape index (κ2) is 9.26. The van der Waals surface area contributed by atoms with Gasteiger partial charge in [0.15, 0.2) is 11.6 Å². The number of benzene rings is 1. The highest BCUT2D eigenvalue weighted by Crippen LogP contribution is 2.35. The number of furan rings is 1. The van der Waals surface area contributed by atoms with E-state index < -0.39 is 33.0 Å². The van der Waals surface area contributed by atoms with Crippen molar-refractivity contribution in [3.8, 4) is 0 Å². The fourth-order valence-electron chi connectivity index (χ4n) is 5.02. The lowest BCUT2D eigenvalue weighted by atomic mass is 10.1. The van der Waals surface area contributed by atoms with Crippen LogP contribution in [-0.2, 0) is 10.0 Å². The second-order valence-electron chi connectivity index (χ2n) is 10.0. The summed E-state index contributed by atoms with van der Waals surface area (Å²) in [6.45, 7) is 4.05. The molecule has 1 aromatic carbocycles. The molecule has 13 heteroatoms. The molecule has 3 aromatic rings. The summed E-state index contributed by atoms with van der Waals surface area (Å²) in [7, 11) is -1.77. The van der Waals surface area contributed by atoms with Gasteiger partial charge < -0.3 is 19.2 Å². The van der Waals surface area contributed by atoms with Gasteiger partial charge in [0.2, 0.25) is 0 Å². The van der Waals surface area contributed by atoms with E-state index in [2.05, 4.69) is 32.6 Å². The van der Waals surface area contributed by atoms with Crippen LogP contribution in [0, 0.1) is 11.6 Å². The molecular weight excluding hydrogens is 516 g/mol. The molecule has 3 N–H and O–H groups in total. The minimum absolute atomic E-state index is 0.178. The zero-order valence-corrected chi connectivity index (χ0v) is 21.5. The lowest BCUT2D eigenvalue weighted by Gasteiger charge is -2.43. The molecule has 2 aliphatic heterocycles. The van der Waals surface area contributed by atoms with Crippen molar-refractivity contribution in [1.29, 1.82) is 0 Å². The van der Waals surface area contributed by atoms with Crippen LogP contribution in [0.25, 0.3) is 5.70 Å². The number of hydrogen-bond donors (Lipinski definition) is 3. The van der Waals surface area contributed by atoms with Crippen LogP contribution in [-0.4, -0.2) is 57.2 Å². The average molecular weight is 545 g/mol. The largest absolute Gasteiger partial charge is 0.471 e. The summed E-state index contributed by atoms with van der Waals surface area (Å²) in [5.74, 6) is -1.96. The van der Waals surface area contributed by atoms with E-state index >= 15 is 4.39 Å². The summed E-state index contributed by atoms with van der Waals surface area (Å²) in [5, 5.41) is 1.13. The van der Waals surface area contributed by atoms with Gasteiger partial charge in [-0.25, -0.2) is 17.2 Å². The third-order valence-electron chi connectivity index (χ3n) is 7.52. The number of nitrogens with one attached hydrogen (secondary N) is 3. The van der Waals surface area contributed by atoms with Crippen molar-refractivity contribution in [3.63, 3.8) is 0 Å². The Bertz CT molecular complexity index is 1480. The highest BCUT2D eigenvalue weighted by Gasteiger charge is 2.43. The molecule has 4 heterocycles. The number of rotatable bonds is 7. The molecule has 0 spiro atoms. The number of piperazine rings is 1. The van der Waals surface area contributed by atoms with Crippen LogP contribution in [0.1, 0.15) is 18.4 Å². The number of sulfonamides is 1. The van der Waals surface area contributed by atoms with E-state index in [1.165, 1.54) is 31.4 Å². The quantitative estimate of drug-likeness (QED) is 0.390. The van der Waals surface area contributed by atoms with Crippen LogP contribution in [0.2, 0.25) is 0 Å². The van der Waals surface area contributed by atoms with Gasteiger partial charge in [0, 0.05) is 30.8 Å². The number of halogens is 2. The van der Waals surface area contributed by atoms with Gasteiger partial charge in [0.1, 0.15) is 16.8 Å². The molecule has 1 aliphatic carbocycles. The average Bonchev–Trinajstić information content (AvgIpc) is 3.41. The monoisotopic (exact) mass is 544 g/mol. The Hall–Kier alpha value is -3.68. The van der Waals surface area contributed by atoms with Gasteiger partial charge in [-0.3, -0.25) is 14.7 Å². The SMILES string of the molecule is C[N+]1(C2CC2)CCN(c2cncc(C3=CN(c4c(F)ccc(NS(=O)(=O)c5ccoc5)c4F)NN3)c2)CC1. The number of hydrazine groups is 2. The minimum atomic E-state index is -4.11. The Morgan fingerprint density at radius 1 is 1.16 bits per heavy atom. The lowest BCUT2D eigenvalue weighted by molar-refractivity contribution is -0.920. The van der Waals surface area contributed by atoms with Gasteiger partial charge in [0.25, 0.3) is 10.0 Å². The van der Waals surface area contributed by atoms with Crippen molar-refractivity contribution in [2.24, 2.45) is 0 Å².